The summed E-state index contributed by atoms with van der Waals surface area (Å²) in [6.45, 7) is 0. The highest BCUT2D eigenvalue weighted by atomic mass is 19.1. The Morgan fingerprint density at radius 2 is 2.14 bits per heavy atom. The average molecular weight is 194 g/mol. The highest BCUT2D eigenvalue weighted by Crippen LogP contribution is 2.40. The first-order chi connectivity index (χ1) is 6.70. The van der Waals surface area contributed by atoms with Crippen LogP contribution < -0.4 is 0 Å². The minimum atomic E-state index is -0.480. The van der Waals surface area contributed by atoms with Crippen molar-refractivity contribution in [2.45, 2.75) is 18.8 Å². The van der Waals surface area contributed by atoms with Crippen molar-refractivity contribution in [3.63, 3.8) is 0 Å². The SMILES string of the molecule is COC(=O)c1cc(F)cc(C2CC2)c1. The van der Waals surface area contributed by atoms with Gasteiger partial charge in [-0.1, -0.05) is 0 Å². The molecule has 0 radical (unpaired) electrons. The topological polar surface area (TPSA) is 26.3 Å². The summed E-state index contributed by atoms with van der Waals surface area (Å²) < 4.78 is 17.6. The van der Waals surface area contributed by atoms with E-state index >= 15 is 0 Å². The molecular weight excluding hydrogens is 183 g/mol. The first-order valence-electron chi connectivity index (χ1n) is 4.59. The molecule has 1 aromatic carbocycles. The van der Waals surface area contributed by atoms with E-state index in [1.54, 1.807) is 6.07 Å². The van der Waals surface area contributed by atoms with Gasteiger partial charge in [0.25, 0.3) is 0 Å². The van der Waals surface area contributed by atoms with E-state index in [0.29, 0.717) is 11.5 Å². The van der Waals surface area contributed by atoms with Crippen molar-refractivity contribution in [2.24, 2.45) is 0 Å². The summed E-state index contributed by atoms with van der Waals surface area (Å²) in [5, 5.41) is 0. The predicted octanol–water partition coefficient (Wildman–Crippen LogP) is 2.49. The first kappa shape index (κ1) is 9.19. The molecule has 0 heterocycles. The van der Waals surface area contributed by atoms with Gasteiger partial charge in [0.1, 0.15) is 5.82 Å². The van der Waals surface area contributed by atoms with Gasteiger partial charge in [0.15, 0.2) is 0 Å². The van der Waals surface area contributed by atoms with E-state index in [-0.39, 0.29) is 5.82 Å². The number of ether oxygens (including phenoxy) is 1. The van der Waals surface area contributed by atoms with E-state index in [1.165, 1.54) is 19.2 Å². The third kappa shape index (κ3) is 1.76. The molecule has 1 aliphatic carbocycles. The number of carbonyl (C=O) groups excluding carboxylic acids is 1. The van der Waals surface area contributed by atoms with Gasteiger partial charge in [-0.25, -0.2) is 9.18 Å². The van der Waals surface area contributed by atoms with Crippen LogP contribution in [0.2, 0.25) is 0 Å². The van der Waals surface area contributed by atoms with Crippen LogP contribution in [0.15, 0.2) is 18.2 Å². The van der Waals surface area contributed by atoms with E-state index in [0.717, 1.165) is 18.4 Å². The summed E-state index contributed by atoms with van der Waals surface area (Å²) in [5.74, 6) is -0.407. The van der Waals surface area contributed by atoms with Gasteiger partial charge in [-0.05, 0) is 42.5 Å². The molecule has 0 bridgehead atoms. The Bertz CT molecular complexity index is 370. The van der Waals surface area contributed by atoms with Gasteiger partial charge in [0.05, 0.1) is 12.7 Å². The van der Waals surface area contributed by atoms with Gasteiger partial charge in [0.2, 0.25) is 0 Å². The molecule has 2 nitrogen and oxygen atoms in total. The lowest BCUT2D eigenvalue weighted by Crippen LogP contribution is -2.02. The Balaban J connectivity index is 2.35. The van der Waals surface area contributed by atoms with Crippen LogP contribution in [-0.2, 0) is 4.74 Å². The lowest BCUT2D eigenvalue weighted by Gasteiger charge is -2.03. The smallest absolute Gasteiger partial charge is 0.337 e. The second kappa shape index (κ2) is 3.40. The largest absolute Gasteiger partial charge is 0.465 e. The fourth-order valence-corrected chi connectivity index (χ4v) is 1.50. The number of rotatable bonds is 2. The summed E-state index contributed by atoms with van der Waals surface area (Å²) in [6.07, 6.45) is 2.17. The molecule has 0 saturated heterocycles. The summed E-state index contributed by atoms with van der Waals surface area (Å²) in [5.41, 5.74) is 1.21. The van der Waals surface area contributed by atoms with Crippen molar-refractivity contribution in [3.05, 3.63) is 35.1 Å². The van der Waals surface area contributed by atoms with Crippen LogP contribution in [0.25, 0.3) is 0 Å². The van der Waals surface area contributed by atoms with E-state index < -0.39 is 5.97 Å². The Kier molecular flexibility index (Phi) is 2.23. The fourth-order valence-electron chi connectivity index (χ4n) is 1.50. The molecule has 1 saturated carbocycles. The molecule has 0 aliphatic heterocycles. The van der Waals surface area contributed by atoms with Crippen molar-refractivity contribution < 1.29 is 13.9 Å². The summed E-state index contributed by atoms with van der Waals surface area (Å²) in [6, 6.07) is 4.41. The second-order valence-corrected chi connectivity index (χ2v) is 3.54. The van der Waals surface area contributed by atoms with Crippen LogP contribution in [0, 0.1) is 5.82 Å². The lowest BCUT2D eigenvalue weighted by atomic mass is 10.1. The fraction of sp³-hybridized carbons (Fsp3) is 0.364. The summed E-state index contributed by atoms with van der Waals surface area (Å²) >= 11 is 0. The minimum absolute atomic E-state index is 0.300. The van der Waals surface area contributed by atoms with Crippen LogP contribution in [0.1, 0.15) is 34.7 Å². The number of hydrogen-bond acceptors (Lipinski definition) is 2. The Hall–Kier alpha value is -1.38. The lowest BCUT2D eigenvalue weighted by molar-refractivity contribution is 0.0600. The maximum Gasteiger partial charge on any atom is 0.337 e. The van der Waals surface area contributed by atoms with Crippen LogP contribution >= 0.6 is 0 Å². The molecule has 14 heavy (non-hydrogen) atoms. The maximum atomic E-state index is 13.1. The third-order valence-electron chi connectivity index (χ3n) is 2.39. The van der Waals surface area contributed by atoms with Gasteiger partial charge < -0.3 is 4.74 Å². The Morgan fingerprint density at radius 3 is 2.71 bits per heavy atom. The average Bonchev–Trinajstić information content (AvgIpc) is 2.98. The number of esters is 1. The predicted molar refractivity (Wildman–Crippen MR) is 49.7 cm³/mol. The van der Waals surface area contributed by atoms with Crippen LogP contribution in [-0.4, -0.2) is 13.1 Å². The zero-order chi connectivity index (χ0) is 10.1. The van der Waals surface area contributed by atoms with Crippen LogP contribution in [0.3, 0.4) is 0 Å². The molecule has 0 N–H and O–H groups in total. The number of hydrogen-bond donors (Lipinski definition) is 0. The summed E-state index contributed by atoms with van der Waals surface area (Å²) in [7, 11) is 1.30. The molecule has 0 atom stereocenters. The Labute approximate surface area is 81.7 Å². The highest BCUT2D eigenvalue weighted by molar-refractivity contribution is 5.89. The normalized spacial score (nSPS) is 15.3. The minimum Gasteiger partial charge on any atom is -0.465 e. The monoisotopic (exact) mass is 194 g/mol. The van der Waals surface area contributed by atoms with Crippen molar-refractivity contribution >= 4 is 5.97 Å². The van der Waals surface area contributed by atoms with Crippen molar-refractivity contribution in [1.29, 1.82) is 0 Å². The maximum absolute atomic E-state index is 13.1. The van der Waals surface area contributed by atoms with Crippen molar-refractivity contribution in [1.82, 2.24) is 0 Å². The zero-order valence-electron chi connectivity index (χ0n) is 7.92. The summed E-state index contributed by atoms with van der Waals surface area (Å²) in [4.78, 5) is 11.2. The van der Waals surface area contributed by atoms with Crippen LogP contribution in [0.4, 0.5) is 4.39 Å². The Morgan fingerprint density at radius 1 is 1.43 bits per heavy atom. The quantitative estimate of drug-likeness (QED) is 0.676. The van der Waals surface area contributed by atoms with E-state index in [2.05, 4.69) is 4.74 Å². The molecule has 0 unspecified atom stereocenters. The van der Waals surface area contributed by atoms with Gasteiger partial charge in [-0.3, -0.25) is 0 Å². The zero-order valence-corrected chi connectivity index (χ0v) is 7.92. The van der Waals surface area contributed by atoms with Gasteiger partial charge >= 0.3 is 5.97 Å². The van der Waals surface area contributed by atoms with Gasteiger partial charge in [0, 0.05) is 0 Å². The molecule has 1 aromatic rings. The van der Waals surface area contributed by atoms with E-state index in [1.807, 2.05) is 0 Å². The molecule has 3 heteroatoms. The molecule has 2 rings (SSSR count). The molecule has 0 amide bonds. The number of carbonyl (C=O) groups is 1. The molecular formula is C11H11FO2. The molecule has 1 fully saturated rings. The standard InChI is InChI=1S/C11H11FO2/c1-14-11(13)9-4-8(7-2-3-7)5-10(12)6-9/h4-7H,2-3H2,1H3. The number of methoxy groups -OCH3 is 1. The van der Waals surface area contributed by atoms with Crippen molar-refractivity contribution in [2.75, 3.05) is 7.11 Å². The van der Waals surface area contributed by atoms with E-state index in [9.17, 15) is 9.18 Å². The second-order valence-electron chi connectivity index (χ2n) is 3.54. The molecule has 1 aliphatic rings. The first-order valence-corrected chi connectivity index (χ1v) is 4.59. The van der Waals surface area contributed by atoms with Gasteiger partial charge in [-0.15, -0.1) is 0 Å². The third-order valence-corrected chi connectivity index (χ3v) is 2.39. The highest BCUT2D eigenvalue weighted by Gasteiger charge is 2.25. The van der Waals surface area contributed by atoms with Crippen LogP contribution in [0.5, 0.6) is 0 Å². The molecule has 0 spiro atoms. The number of halogens is 1. The molecule has 74 valence electrons. The van der Waals surface area contributed by atoms with Crippen molar-refractivity contribution in [3.8, 4) is 0 Å². The van der Waals surface area contributed by atoms with E-state index in [4.69, 9.17) is 0 Å². The molecule has 0 aromatic heterocycles. The number of benzene rings is 1. The van der Waals surface area contributed by atoms with Gasteiger partial charge in [-0.2, -0.15) is 0 Å².